The Morgan fingerprint density at radius 1 is 1.06 bits per heavy atom. The van der Waals surface area contributed by atoms with Crippen LogP contribution in [-0.4, -0.2) is 26.4 Å². The van der Waals surface area contributed by atoms with Crippen LogP contribution < -0.4 is 0 Å². The molecule has 2 aromatic heterocycles. The molecule has 0 saturated carbocycles. The number of aromatic nitrogens is 3. The number of benzene rings is 2. The Labute approximate surface area is 206 Å². The van der Waals surface area contributed by atoms with Gasteiger partial charge in [0.1, 0.15) is 23.5 Å². The molecule has 172 valence electrons. The van der Waals surface area contributed by atoms with E-state index in [-0.39, 0.29) is 19.0 Å². The maximum absolute atomic E-state index is 12.9. The van der Waals surface area contributed by atoms with Crippen LogP contribution in [0.15, 0.2) is 59.6 Å². The van der Waals surface area contributed by atoms with Crippen molar-refractivity contribution in [2.24, 2.45) is 4.99 Å². The van der Waals surface area contributed by atoms with E-state index in [1.54, 1.807) is 11.3 Å². The van der Waals surface area contributed by atoms with E-state index in [0.717, 1.165) is 38.8 Å². The molecule has 0 bridgehead atoms. The minimum Gasteiger partial charge on any atom is -0.461 e. The molecular weight excluding hydrogens is 468 g/mol. The van der Waals surface area contributed by atoms with Gasteiger partial charge in [-0.25, -0.2) is 0 Å². The SMILES string of the molecule is Cc1sc2c(c1C)C(c1ccc(Cl)cc1)=N[C@@H](CC(=O)OCc1ccccc1)c1nnc(C)n1-2. The van der Waals surface area contributed by atoms with E-state index in [2.05, 4.69) is 24.0 Å². The monoisotopic (exact) mass is 490 g/mol. The summed E-state index contributed by atoms with van der Waals surface area (Å²) in [5.74, 6) is 1.06. The topological polar surface area (TPSA) is 69.4 Å². The van der Waals surface area contributed by atoms with Crippen molar-refractivity contribution in [1.82, 2.24) is 14.8 Å². The summed E-state index contributed by atoms with van der Waals surface area (Å²) in [6.07, 6.45) is 0.0645. The lowest BCUT2D eigenvalue weighted by Gasteiger charge is -2.13. The van der Waals surface area contributed by atoms with Crippen LogP contribution in [0.4, 0.5) is 0 Å². The van der Waals surface area contributed by atoms with Crippen LogP contribution >= 0.6 is 22.9 Å². The number of hydrogen-bond donors (Lipinski definition) is 0. The van der Waals surface area contributed by atoms with Gasteiger partial charge in [-0.1, -0.05) is 54.1 Å². The van der Waals surface area contributed by atoms with Gasteiger partial charge in [0.15, 0.2) is 5.82 Å². The molecular formula is C26H23ClN4O2S. The second kappa shape index (κ2) is 9.16. The predicted molar refractivity (Wildman–Crippen MR) is 134 cm³/mol. The first kappa shape index (κ1) is 22.5. The van der Waals surface area contributed by atoms with Crippen molar-refractivity contribution in [3.8, 4) is 5.00 Å². The molecule has 1 aliphatic rings. The van der Waals surface area contributed by atoms with Gasteiger partial charge in [-0.15, -0.1) is 21.5 Å². The molecule has 3 heterocycles. The van der Waals surface area contributed by atoms with Crippen LogP contribution in [0.2, 0.25) is 5.02 Å². The smallest absolute Gasteiger partial charge is 0.308 e. The molecule has 8 heteroatoms. The summed E-state index contributed by atoms with van der Waals surface area (Å²) >= 11 is 7.84. The maximum atomic E-state index is 12.9. The van der Waals surface area contributed by atoms with Crippen LogP contribution in [0, 0.1) is 20.8 Å². The second-order valence-corrected chi connectivity index (χ2v) is 9.89. The van der Waals surface area contributed by atoms with Crippen molar-refractivity contribution >= 4 is 34.6 Å². The Morgan fingerprint density at radius 2 is 1.79 bits per heavy atom. The Bertz CT molecular complexity index is 1390. The number of esters is 1. The lowest BCUT2D eigenvalue weighted by atomic mass is 9.99. The number of hydrogen-bond acceptors (Lipinski definition) is 6. The minimum absolute atomic E-state index is 0.0645. The molecule has 0 unspecified atom stereocenters. The molecule has 1 atom stereocenters. The number of carbonyl (C=O) groups is 1. The van der Waals surface area contributed by atoms with E-state index in [0.29, 0.717) is 10.8 Å². The van der Waals surface area contributed by atoms with Gasteiger partial charge < -0.3 is 4.74 Å². The van der Waals surface area contributed by atoms with Gasteiger partial charge in [-0.3, -0.25) is 14.4 Å². The number of ether oxygens (including phenoxy) is 1. The van der Waals surface area contributed by atoms with Crippen molar-refractivity contribution in [3.63, 3.8) is 0 Å². The van der Waals surface area contributed by atoms with Gasteiger partial charge >= 0.3 is 5.97 Å². The van der Waals surface area contributed by atoms with Crippen molar-refractivity contribution in [2.75, 3.05) is 0 Å². The molecule has 5 rings (SSSR count). The van der Waals surface area contributed by atoms with Crippen LogP contribution in [0.3, 0.4) is 0 Å². The highest BCUT2D eigenvalue weighted by Gasteiger charge is 2.32. The summed E-state index contributed by atoms with van der Waals surface area (Å²) in [4.78, 5) is 19.2. The number of thiophene rings is 1. The van der Waals surface area contributed by atoms with E-state index in [9.17, 15) is 4.79 Å². The van der Waals surface area contributed by atoms with Gasteiger partial charge in [0.2, 0.25) is 0 Å². The van der Waals surface area contributed by atoms with E-state index in [1.807, 2.05) is 66.1 Å². The summed E-state index contributed by atoms with van der Waals surface area (Å²) < 4.78 is 7.60. The third-order valence-electron chi connectivity index (χ3n) is 5.96. The summed E-state index contributed by atoms with van der Waals surface area (Å²) in [6, 6.07) is 16.7. The lowest BCUT2D eigenvalue weighted by molar-refractivity contribution is -0.145. The quantitative estimate of drug-likeness (QED) is 0.325. The number of carbonyl (C=O) groups excluding carboxylic acids is 1. The Hall–Kier alpha value is -3.29. The zero-order chi connectivity index (χ0) is 23.8. The molecule has 0 saturated heterocycles. The molecule has 4 aromatic rings. The van der Waals surface area contributed by atoms with Crippen molar-refractivity contribution in [1.29, 1.82) is 0 Å². The first-order valence-corrected chi connectivity index (χ1v) is 12.2. The number of fused-ring (bicyclic) bond motifs is 3. The molecule has 0 N–H and O–H groups in total. The summed E-state index contributed by atoms with van der Waals surface area (Å²) in [7, 11) is 0. The van der Waals surface area contributed by atoms with Crippen molar-refractivity contribution < 1.29 is 9.53 Å². The van der Waals surface area contributed by atoms with Crippen molar-refractivity contribution in [2.45, 2.75) is 39.8 Å². The fourth-order valence-electron chi connectivity index (χ4n) is 4.09. The van der Waals surface area contributed by atoms with Gasteiger partial charge in [0.25, 0.3) is 0 Å². The second-order valence-electron chi connectivity index (χ2n) is 8.26. The molecule has 0 amide bonds. The largest absolute Gasteiger partial charge is 0.461 e. The Balaban J connectivity index is 1.56. The first-order valence-electron chi connectivity index (χ1n) is 11.0. The molecule has 0 aliphatic carbocycles. The summed E-state index contributed by atoms with van der Waals surface area (Å²) in [6.45, 7) is 6.34. The van der Waals surface area contributed by atoms with Crippen LogP contribution in [-0.2, 0) is 16.1 Å². The molecule has 0 spiro atoms. The number of aliphatic imine (C=N–C) groups is 1. The number of halogens is 1. The fraction of sp³-hybridized carbons (Fsp3) is 0.231. The summed E-state index contributed by atoms with van der Waals surface area (Å²) in [5.41, 5.74) is 4.88. The van der Waals surface area contributed by atoms with E-state index >= 15 is 0 Å². The molecule has 6 nitrogen and oxygen atoms in total. The van der Waals surface area contributed by atoms with Crippen LogP contribution in [0.5, 0.6) is 0 Å². The fourth-order valence-corrected chi connectivity index (χ4v) is 5.43. The number of aryl methyl sites for hydroxylation is 2. The number of rotatable bonds is 5. The standard InChI is InChI=1S/C26H23ClN4O2S/c1-15-16(2)34-26-23(15)24(19-9-11-20(27)12-10-19)28-21(25-30-29-17(3)31(25)26)13-22(32)33-14-18-7-5-4-6-8-18/h4-12,21H,13-14H2,1-3H3/t21-/m0/s1. The molecule has 0 fully saturated rings. The Kier molecular flexibility index (Phi) is 6.06. The van der Waals surface area contributed by atoms with Gasteiger partial charge in [-0.05, 0) is 44.0 Å². The maximum Gasteiger partial charge on any atom is 0.308 e. The average molecular weight is 491 g/mol. The first-order chi connectivity index (χ1) is 16.4. The zero-order valence-electron chi connectivity index (χ0n) is 19.1. The van der Waals surface area contributed by atoms with Crippen LogP contribution in [0.1, 0.15) is 51.2 Å². The van der Waals surface area contributed by atoms with Crippen LogP contribution in [0.25, 0.3) is 5.00 Å². The van der Waals surface area contributed by atoms with E-state index in [4.69, 9.17) is 21.3 Å². The highest BCUT2D eigenvalue weighted by molar-refractivity contribution is 7.15. The van der Waals surface area contributed by atoms with E-state index < -0.39 is 6.04 Å². The molecule has 34 heavy (non-hydrogen) atoms. The third kappa shape index (κ3) is 4.17. The van der Waals surface area contributed by atoms with Gasteiger partial charge in [0, 0.05) is 21.0 Å². The van der Waals surface area contributed by atoms with Crippen molar-refractivity contribution in [3.05, 3.63) is 98.4 Å². The van der Waals surface area contributed by atoms with Gasteiger partial charge in [0.05, 0.1) is 12.1 Å². The average Bonchev–Trinajstić information content (AvgIpc) is 3.31. The third-order valence-corrected chi connectivity index (χ3v) is 7.40. The minimum atomic E-state index is -0.533. The summed E-state index contributed by atoms with van der Waals surface area (Å²) in [5, 5.41) is 10.4. The normalized spacial score (nSPS) is 14.7. The highest BCUT2D eigenvalue weighted by Crippen LogP contribution is 2.39. The van der Waals surface area contributed by atoms with E-state index in [1.165, 1.54) is 4.88 Å². The Morgan fingerprint density at radius 3 is 2.53 bits per heavy atom. The predicted octanol–water partition coefficient (Wildman–Crippen LogP) is 5.93. The number of nitrogens with zero attached hydrogens (tertiary/aromatic N) is 4. The highest BCUT2D eigenvalue weighted by atomic mass is 35.5. The lowest BCUT2D eigenvalue weighted by Crippen LogP contribution is -2.13. The van der Waals surface area contributed by atoms with Gasteiger partial charge in [-0.2, -0.15) is 0 Å². The zero-order valence-corrected chi connectivity index (χ0v) is 20.7. The molecule has 0 radical (unpaired) electrons. The molecule has 1 aliphatic heterocycles. The molecule has 2 aromatic carbocycles.